The first-order valence-corrected chi connectivity index (χ1v) is 7.56. The van der Waals surface area contributed by atoms with Crippen LogP contribution in [-0.2, 0) is 10.0 Å². The summed E-state index contributed by atoms with van der Waals surface area (Å²) in [5.74, 6) is -1.72. The van der Waals surface area contributed by atoms with E-state index in [4.69, 9.17) is 0 Å². The van der Waals surface area contributed by atoms with Crippen LogP contribution in [0.15, 0.2) is 23.1 Å². The highest BCUT2D eigenvalue weighted by Gasteiger charge is 2.28. The van der Waals surface area contributed by atoms with E-state index in [0.717, 1.165) is 25.1 Å². The molecule has 0 aliphatic carbocycles. The van der Waals surface area contributed by atoms with E-state index in [1.54, 1.807) is 0 Å². The summed E-state index contributed by atoms with van der Waals surface area (Å²) in [7, 11) is -3.97. The minimum atomic E-state index is -3.97. The Morgan fingerprint density at radius 3 is 2.74 bits per heavy atom. The third-order valence-corrected chi connectivity index (χ3v) is 4.84. The first-order chi connectivity index (χ1) is 8.90. The summed E-state index contributed by atoms with van der Waals surface area (Å²) in [4.78, 5) is -0.522. The highest BCUT2D eigenvalue weighted by Crippen LogP contribution is 2.18. The normalized spacial score (nSPS) is 24.4. The van der Waals surface area contributed by atoms with Crippen molar-refractivity contribution in [3.63, 3.8) is 0 Å². The van der Waals surface area contributed by atoms with Crippen molar-refractivity contribution in [3.05, 3.63) is 29.8 Å². The molecular formula is C12H16F2N2O2S. The summed E-state index contributed by atoms with van der Waals surface area (Å²) >= 11 is 0. The van der Waals surface area contributed by atoms with Gasteiger partial charge in [0.25, 0.3) is 0 Å². The average Bonchev–Trinajstić information content (AvgIpc) is 2.31. The molecule has 1 aliphatic heterocycles. The van der Waals surface area contributed by atoms with Crippen LogP contribution in [0.4, 0.5) is 8.78 Å². The summed E-state index contributed by atoms with van der Waals surface area (Å²) in [5.41, 5.74) is 0. The smallest absolute Gasteiger partial charge is 0.243 e. The van der Waals surface area contributed by atoms with E-state index >= 15 is 0 Å². The molecule has 0 bridgehead atoms. The van der Waals surface area contributed by atoms with Crippen molar-refractivity contribution in [2.75, 3.05) is 13.1 Å². The molecule has 0 unspecified atom stereocenters. The molecule has 1 saturated heterocycles. The molecule has 4 nitrogen and oxygen atoms in total. The Hall–Kier alpha value is -1.05. The van der Waals surface area contributed by atoms with Crippen molar-refractivity contribution in [2.24, 2.45) is 5.92 Å². The minimum absolute atomic E-state index is 0.166. The SMILES string of the molecule is C[C@@H]1CCNC[C@@H]1NS(=O)(=O)c1ccc(F)cc1F. The second kappa shape index (κ2) is 5.52. The van der Waals surface area contributed by atoms with Gasteiger partial charge in [0.15, 0.2) is 0 Å². The Morgan fingerprint density at radius 2 is 2.11 bits per heavy atom. The van der Waals surface area contributed by atoms with Gasteiger partial charge in [0.1, 0.15) is 16.5 Å². The molecule has 0 amide bonds. The van der Waals surface area contributed by atoms with Gasteiger partial charge in [-0.1, -0.05) is 6.92 Å². The van der Waals surface area contributed by atoms with Crippen LogP contribution >= 0.6 is 0 Å². The fraction of sp³-hybridized carbons (Fsp3) is 0.500. The molecule has 1 aliphatic rings. The van der Waals surface area contributed by atoms with Gasteiger partial charge >= 0.3 is 0 Å². The molecule has 2 rings (SSSR count). The summed E-state index contributed by atoms with van der Waals surface area (Å²) in [5, 5.41) is 3.08. The molecule has 7 heteroatoms. The van der Waals surface area contributed by atoms with E-state index in [0.29, 0.717) is 12.6 Å². The van der Waals surface area contributed by atoms with Crippen LogP contribution in [-0.4, -0.2) is 27.5 Å². The molecular weight excluding hydrogens is 274 g/mol. The van der Waals surface area contributed by atoms with E-state index in [-0.39, 0.29) is 12.0 Å². The standard InChI is InChI=1S/C12H16F2N2O2S/c1-8-4-5-15-7-11(8)16-19(17,18)12-3-2-9(13)6-10(12)14/h2-3,6,8,11,15-16H,4-5,7H2,1H3/t8-,11+/m1/s1. The molecule has 2 atom stereocenters. The van der Waals surface area contributed by atoms with Crippen LogP contribution in [0.5, 0.6) is 0 Å². The summed E-state index contributed by atoms with van der Waals surface area (Å²) in [6.07, 6.45) is 0.846. The van der Waals surface area contributed by atoms with Gasteiger partial charge in [-0.25, -0.2) is 21.9 Å². The molecule has 0 spiro atoms. The number of benzene rings is 1. The quantitative estimate of drug-likeness (QED) is 0.880. The zero-order valence-electron chi connectivity index (χ0n) is 10.5. The fourth-order valence-electron chi connectivity index (χ4n) is 2.10. The van der Waals surface area contributed by atoms with Gasteiger partial charge in [0.05, 0.1) is 0 Å². The fourth-order valence-corrected chi connectivity index (χ4v) is 3.51. The second-order valence-electron chi connectivity index (χ2n) is 4.77. The molecule has 1 aromatic rings. The van der Waals surface area contributed by atoms with Crippen LogP contribution in [0, 0.1) is 17.6 Å². The van der Waals surface area contributed by atoms with Gasteiger partial charge < -0.3 is 5.32 Å². The van der Waals surface area contributed by atoms with Gasteiger partial charge in [-0.05, 0) is 31.0 Å². The largest absolute Gasteiger partial charge is 0.315 e. The van der Waals surface area contributed by atoms with E-state index < -0.39 is 26.6 Å². The van der Waals surface area contributed by atoms with Crippen molar-refractivity contribution < 1.29 is 17.2 Å². The number of hydrogen-bond acceptors (Lipinski definition) is 3. The molecule has 2 N–H and O–H groups in total. The Bertz CT molecular complexity index is 563. The summed E-state index contributed by atoms with van der Waals surface area (Å²) in [6, 6.07) is 2.15. The Morgan fingerprint density at radius 1 is 1.37 bits per heavy atom. The third-order valence-electron chi connectivity index (χ3n) is 3.32. The van der Waals surface area contributed by atoms with Crippen molar-refractivity contribution >= 4 is 10.0 Å². The molecule has 1 heterocycles. The first-order valence-electron chi connectivity index (χ1n) is 6.08. The van der Waals surface area contributed by atoms with Gasteiger partial charge in [-0.15, -0.1) is 0 Å². The number of piperidine rings is 1. The number of halogens is 2. The van der Waals surface area contributed by atoms with E-state index in [9.17, 15) is 17.2 Å². The van der Waals surface area contributed by atoms with Crippen molar-refractivity contribution in [1.82, 2.24) is 10.0 Å². The third kappa shape index (κ3) is 3.29. The predicted octanol–water partition coefficient (Wildman–Crippen LogP) is 1.24. The molecule has 1 aromatic carbocycles. The van der Waals surface area contributed by atoms with Crippen LogP contribution in [0.1, 0.15) is 13.3 Å². The predicted molar refractivity (Wildman–Crippen MR) is 67.1 cm³/mol. The zero-order chi connectivity index (χ0) is 14.0. The highest BCUT2D eigenvalue weighted by atomic mass is 32.2. The summed E-state index contributed by atoms with van der Waals surface area (Å²) < 4.78 is 52.9. The monoisotopic (exact) mass is 290 g/mol. The van der Waals surface area contributed by atoms with Crippen LogP contribution in [0.25, 0.3) is 0 Å². The lowest BCUT2D eigenvalue weighted by atomic mass is 9.96. The number of rotatable bonds is 3. The average molecular weight is 290 g/mol. The molecule has 0 aromatic heterocycles. The molecule has 0 saturated carbocycles. The summed E-state index contributed by atoms with van der Waals surface area (Å²) in [6.45, 7) is 3.28. The number of hydrogen-bond donors (Lipinski definition) is 2. The van der Waals surface area contributed by atoms with Gasteiger partial charge in [-0.2, -0.15) is 0 Å². The van der Waals surface area contributed by atoms with Gasteiger partial charge in [-0.3, -0.25) is 0 Å². The lowest BCUT2D eigenvalue weighted by Crippen LogP contribution is -2.50. The maximum atomic E-state index is 13.5. The Kier molecular flexibility index (Phi) is 4.17. The van der Waals surface area contributed by atoms with Gasteiger partial charge in [0.2, 0.25) is 10.0 Å². The highest BCUT2D eigenvalue weighted by molar-refractivity contribution is 7.89. The lowest BCUT2D eigenvalue weighted by molar-refractivity contribution is 0.327. The zero-order valence-corrected chi connectivity index (χ0v) is 11.3. The molecule has 0 radical (unpaired) electrons. The Balaban J connectivity index is 2.22. The van der Waals surface area contributed by atoms with Crippen molar-refractivity contribution in [3.8, 4) is 0 Å². The van der Waals surface area contributed by atoms with Crippen LogP contribution in [0.2, 0.25) is 0 Å². The van der Waals surface area contributed by atoms with E-state index in [1.807, 2.05) is 6.92 Å². The van der Waals surface area contributed by atoms with E-state index in [1.165, 1.54) is 0 Å². The van der Waals surface area contributed by atoms with Crippen molar-refractivity contribution in [2.45, 2.75) is 24.3 Å². The van der Waals surface area contributed by atoms with Crippen LogP contribution in [0.3, 0.4) is 0 Å². The maximum absolute atomic E-state index is 13.5. The van der Waals surface area contributed by atoms with E-state index in [2.05, 4.69) is 10.0 Å². The molecule has 106 valence electrons. The lowest BCUT2D eigenvalue weighted by Gasteiger charge is -2.30. The topological polar surface area (TPSA) is 58.2 Å². The molecule has 19 heavy (non-hydrogen) atoms. The minimum Gasteiger partial charge on any atom is -0.315 e. The molecule has 1 fully saturated rings. The van der Waals surface area contributed by atoms with Gasteiger partial charge in [0, 0.05) is 18.7 Å². The Labute approximate surface area is 111 Å². The first kappa shape index (κ1) is 14.4. The van der Waals surface area contributed by atoms with Crippen LogP contribution < -0.4 is 10.0 Å². The number of nitrogens with one attached hydrogen (secondary N) is 2. The van der Waals surface area contributed by atoms with Crippen molar-refractivity contribution in [1.29, 1.82) is 0 Å². The number of sulfonamides is 1. The second-order valence-corrected chi connectivity index (χ2v) is 6.46. The maximum Gasteiger partial charge on any atom is 0.243 e.